The maximum absolute atomic E-state index is 12.9. The van der Waals surface area contributed by atoms with E-state index in [1.165, 1.54) is 13.2 Å². The zero-order chi connectivity index (χ0) is 20.3. The van der Waals surface area contributed by atoms with Crippen molar-refractivity contribution in [3.8, 4) is 5.75 Å². The molecule has 3 rings (SSSR count). The second-order valence-electron chi connectivity index (χ2n) is 6.73. The average molecular weight is 380 g/mol. The van der Waals surface area contributed by atoms with Crippen LogP contribution in [-0.2, 0) is 14.3 Å². The highest BCUT2D eigenvalue weighted by atomic mass is 16.5. The molecule has 1 N–H and O–H groups in total. The Morgan fingerprint density at radius 2 is 1.71 bits per heavy atom. The number of hydrogen-bond acceptors (Lipinski definition) is 5. The number of allylic oxidation sites excluding steroid dienone is 1. The number of aryl methyl sites for hydroxylation is 1. The van der Waals surface area contributed by atoms with Gasteiger partial charge >= 0.3 is 5.97 Å². The van der Waals surface area contributed by atoms with Crippen molar-refractivity contribution >= 4 is 17.6 Å². The fraction of sp³-hybridized carbons (Fsp3) is 0.273. The van der Waals surface area contributed by atoms with Crippen LogP contribution in [0.2, 0.25) is 0 Å². The molecular weight excluding hydrogens is 356 g/mol. The van der Waals surface area contributed by atoms with E-state index < -0.39 is 12.0 Å². The van der Waals surface area contributed by atoms with E-state index >= 15 is 0 Å². The summed E-state index contributed by atoms with van der Waals surface area (Å²) in [5, 5.41) is 3.16. The number of rotatable bonds is 6. The van der Waals surface area contributed by atoms with Crippen LogP contribution >= 0.6 is 0 Å². The SMILES string of the molecule is COC(=O)C=C(C)N[C@H]1C(=O)N(c2ccc(C)cc2)[C@H]1c1ccc(OC)cc1. The summed E-state index contributed by atoms with van der Waals surface area (Å²) in [5.41, 5.74) is 3.52. The Kier molecular flexibility index (Phi) is 5.68. The third kappa shape index (κ3) is 3.86. The minimum atomic E-state index is -0.476. The number of hydrogen-bond donors (Lipinski definition) is 1. The summed E-state index contributed by atoms with van der Waals surface area (Å²) in [6.45, 7) is 3.75. The Bertz CT molecular complexity index is 888. The fourth-order valence-corrected chi connectivity index (χ4v) is 3.29. The van der Waals surface area contributed by atoms with Gasteiger partial charge in [-0.05, 0) is 43.7 Å². The first kappa shape index (κ1) is 19.5. The molecule has 0 bridgehead atoms. The topological polar surface area (TPSA) is 67.9 Å². The number of nitrogens with one attached hydrogen (secondary N) is 1. The summed E-state index contributed by atoms with van der Waals surface area (Å²) in [7, 11) is 2.94. The molecule has 28 heavy (non-hydrogen) atoms. The molecule has 6 nitrogen and oxygen atoms in total. The number of amides is 1. The van der Waals surface area contributed by atoms with Gasteiger partial charge < -0.3 is 19.7 Å². The molecule has 0 unspecified atom stereocenters. The molecule has 1 saturated heterocycles. The largest absolute Gasteiger partial charge is 0.497 e. The summed E-state index contributed by atoms with van der Waals surface area (Å²) in [5.74, 6) is 0.234. The van der Waals surface area contributed by atoms with Gasteiger partial charge in [-0.1, -0.05) is 29.8 Å². The van der Waals surface area contributed by atoms with E-state index in [-0.39, 0.29) is 11.9 Å². The van der Waals surface area contributed by atoms with E-state index in [1.807, 2.05) is 55.5 Å². The number of ether oxygens (including phenoxy) is 2. The van der Waals surface area contributed by atoms with E-state index in [2.05, 4.69) is 10.1 Å². The second kappa shape index (κ2) is 8.17. The van der Waals surface area contributed by atoms with Crippen LogP contribution in [-0.4, -0.2) is 32.1 Å². The number of carbonyl (C=O) groups is 2. The molecule has 2 atom stereocenters. The Morgan fingerprint density at radius 1 is 1.07 bits per heavy atom. The van der Waals surface area contributed by atoms with Gasteiger partial charge in [0.2, 0.25) is 0 Å². The van der Waals surface area contributed by atoms with Crippen molar-refractivity contribution in [2.75, 3.05) is 19.1 Å². The van der Waals surface area contributed by atoms with Gasteiger partial charge in [0, 0.05) is 17.5 Å². The van der Waals surface area contributed by atoms with Gasteiger partial charge in [-0.25, -0.2) is 4.79 Å². The van der Waals surface area contributed by atoms with Crippen LogP contribution in [0.1, 0.15) is 24.1 Å². The van der Waals surface area contributed by atoms with E-state index in [0.29, 0.717) is 5.70 Å². The first-order valence-electron chi connectivity index (χ1n) is 9.01. The van der Waals surface area contributed by atoms with Crippen molar-refractivity contribution < 1.29 is 19.1 Å². The molecule has 1 aliphatic rings. The summed E-state index contributed by atoms with van der Waals surface area (Å²) >= 11 is 0. The maximum Gasteiger partial charge on any atom is 0.332 e. The maximum atomic E-state index is 12.9. The van der Waals surface area contributed by atoms with Crippen LogP contribution in [0, 0.1) is 6.92 Å². The van der Waals surface area contributed by atoms with Gasteiger partial charge in [0.15, 0.2) is 0 Å². The lowest BCUT2D eigenvalue weighted by molar-refractivity contribution is -0.135. The van der Waals surface area contributed by atoms with Gasteiger partial charge in [0.05, 0.1) is 20.3 Å². The molecule has 2 aromatic rings. The van der Waals surface area contributed by atoms with Crippen molar-refractivity contribution in [2.45, 2.75) is 25.9 Å². The van der Waals surface area contributed by atoms with E-state index in [1.54, 1.807) is 18.9 Å². The minimum absolute atomic E-state index is 0.0534. The molecule has 0 aliphatic carbocycles. The molecule has 6 heteroatoms. The lowest BCUT2D eigenvalue weighted by atomic mass is 9.87. The van der Waals surface area contributed by atoms with Crippen LogP contribution in [0.15, 0.2) is 60.3 Å². The molecule has 146 valence electrons. The number of anilines is 1. The second-order valence-corrected chi connectivity index (χ2v) is 6.73. The van der Waals surface area contributed by atoms with Crippen molar-refractivity contribution in [3.63, 3.8) is 0 Å². The molecule has 2 aromatic carbocycles. The van der Waals surface area contributed by atoms with Crippen molar-refractivity contribution in [3.05, 3.63) is 71.4 Å². The Labute approximate surface area is 164 Å². The highest BCUT2D eigenvalue weighted by Gasteiger charge is 2.49. The molecule has 1 amide bonds. The standard InChI is InChI=1S/C22H24N2O4/c1-14-5-9-17(10-6-14)24-21(16-7-11-18(27-3)12-8-16)20(22(24)26)23-15(2)13-19(25)28-4/h5-13,20-21,23H,1-4H3/t20-,21+/m1/s1. The van der Waals surface area contributed by atoms with E-state index in [9.17, 15) is 9.59 Å². The Morgan fingerprint density at radius 3 is 2.29 bits per heavy atom. The first-order valence-corrected chi connectivity index (χ1v) is 9.01. The molecule has 1 fully saturated rings. The van der Waals surface area contributed by atoms with Crippen LogP contribution in [0.3, 0.4) is 0 Å². The Balaban J connectivity index is 1.92. The monoisotopic (exact) mass is 380 g/mol. The van der Waals surface area contributed by atoms with Crippen LogP contribution < -0.4 is 15.0 Å². The smallest absolute Gasteiger partial charge is 0.332 e. The third-order valence-corrected chi connectivity index (χ3v) is 4.79. The summed E-state index contributed by atoms with van der Waals surface area (Å²) < 4.78 is 9.89. The predicted octanol–water partition coefficient (Wildman–Crippen LogP) is 3.13. The average Bonchev–Trinajstić information content (AvgIpc) is 2.71. The van der Waals surface area contributed by atoms with Gasteiger partial charge in [0.1, 0.15) is 11.8 Å². The molecule has 0 aromatic heterocycles. The number of methoxy groups -OCH3 is 2. The van der Waals surface area contributed by atoms with Crippen LogP contribution in [0.25, 0.3) is 0 Å². The van der Waals surface area contributed by atoms with Crippen LogP contribution in [0.5, 0.6) is 5.75 Å². The van der Waals surface area contributed by atoms with Crippen molar-refractivity contribution in [1.82, 2.24) is 5.32 Å². The summed E-state index contributed by atoms with van der Waals surface area (Å²) in [6.07, 6.45) is 1.34. The summed E-state index contributed by atoms with van der Waals surface area (Å²) in [6, 6.07) is 14.8. The number of nitrogens with zero attached hydrogens (tertiary/aromatic N) is 1. The predicted molar refractivity (Wildman–Crippen MR) is 107 cm³/mol. The lowest BCUT2D eigenvalue weighted by Crippen LogP contribution is -2.64. The number of β-lactam (4-membered cyclic amide) rings is 1. The molecular formula is C22H24N2O4. The van der Waals surface area contributed by atoms with Gasteiger partial charge in [0.25, 0.3) is 5.91 Å². The lowest BCUT2D eigenvalue weighted by Gasteiger charge is -2.48. The Hall–Kier alpha value is -3.28. The zero-order valence-electron chi connectivity index (χ0n) is 16.4. The van der Waals surface area contributed by atoms with E-state index in [0.717, 1.165) is 22.6 Å². The number of benzene rings is 2. The zero-order valence-corrected chi connectivity index (χ0v) is 16.4. The highest BCUT2D eigenvalue weighted by molar-refractivity contribution is 6.06. The summed E-state index contributed by atoms with van der Waals surface area (Å²) in [4.78, 5) is 26.2. The molecule has 0 spiro atoms. The molecule has 0 radical (unpaired) electrons. The first-order chi connectivity index (χ1) is 13.4. The van der Waals surface area contributed by atoms with E-state index in [4.69, 9.17) is 4.74 Å². The van der Waals surface area contributed by atoms with Crippen molar-refractivity contribution in [1.29, 1.82) is 0 Å². The van der Waals surface area contributed by atoms with Gasteiger partial charge in [-0.3, -0.25) is 4.79 Å². The normalized spacial score (nSPS) is 19.1. The minimum Gasteiger partial charge on any atom is -0.497 e. The van der Waals surface area contributed by atoms with Crippen molar-refractivity contribution in [2.24, 2.45) is 0 Å². The molecule has 1 aliphatic heterocycles. The van der Waals surface area contributed by atoms with Crippen LogP contribution in [0.4, 0.5) is 5.69 Å². The van der Waals surface area contributed by atoms with Gasteiger partial charge in [-0.2, -0.15) is 0 Å². The highest BCUT2D eigenvalue weighted by Crippen LogP contribution is 2.40. The molecule has 0 saturated carbocycles. The number of carbonyl (C=O) groups excluding carboxylic acids is 2. The molecule has 1 heterocycles. The number of esters is 1. The third-order valence-electron chi connectivity index (χ3n) is 4.79. The fourth-order valence-electron chi connectivity index (χ4n) is 3.29. The van der Waals surface area contributed by atoms with Gasteiger partial charge in [-0.15, -0.1) is 0 Å². The quantitative estimate of drug-likeness (QED) is 0.474.